The summed E-state index contributed by atoms with van der Waals surface area (Å²) in [4.78, 5) is 37.8. The van der Waals surface area contributed by atoms with Crippen LogP contribution in [0.25, 0.3) is 0 Å². The molecule has 0 fully saturated rings. The Labute approximate surface area is 159 Å². The Kier molecular flexibility index (Phi) is 5.85. The molecule has 1 aliphatic rings. The van der Waals surface area contributed by atoms with Gasteiger partial charge in [0, 0.05) is 10.4 Å². The summed E-state index contributed by atoms with van der Waals surface area (Å²) in [5, 5.41) is 5.25. The summed E-state index contributed by atoms with van der Waals surface area (Å²) < 4.78 is 18.1. The highest BCUT2D eigenvalue weighted by atomic mass is 32.1. The van der Waals surface area contributed by atoms with E-state index < -0.39 is 23.7 Å². The summed E-state index contributed by atoms with van der Waals surface area (Å²) in [5.41, 5.74) is 1.29. The van der Waals surface area contributed by atoms with Crippen LogP contribution in [0.5, 0.6) is 0 Å². The van der Waals surface area contributed by atoms with Crippen LogP contribution < -0.4 is 10.6 Å². The van der Waals surface area contributed by atoms with Gasteiger partial charge in [-0.3, -0.25) is 14.9 Å². The summed E-state index contributed by atoms with van der Waals surface area (Å²) in [6.07, 6.45) is 2.62. The number of halogens is 1. The number of hydrogen-bond acceptors (Lipinski definition) is 5. The summed E-state index contributed by atoms with van der Waals surface area (Å²) in [5.74, 6) is -1.64. The lowest BCUT2D eigenvalue weighted by molar-refractivity contribution is 0.0925. The standard InChI is InChI=1S/C19H19FN2O4S/c1-2-26-19(25)22-17(24)15-13-8-3-4-9-14(13)27-18(15)21-16(23)11-6-5-7-12(20)10-11/h5-7,10H,2-4,8-9H2,1H3,(H,21,23)(H,22,24,25). The number of imide groups is 1. The van der Waals surface area contributed by atoms with Crippen LogP contribution in [0.3, 0.4) is 0 Å². The number of amides is 3. The molecule has 0 atom stereocenters. The molecule has 3 rings (SSSR count). The van der Waals surface area contributed by atoms with E-state index in [1.54, 1.807) is 6.92 Å². The maximum atomic E-state index is 13.4. The van der Waals surface area contributed by atoms with Crippen molar-refractivity contribution in [3.05, 3.63) is 51.7 Å². The van der Waals surface area contributed by atoms with Gasteiger partial charge in [-0.15, -0.1) is 11.3 Å². The van der Waals surface area contributed by atoms with E-state index in [-0.39, 0.29) is 17.7 Å². The van der Waals surface area contributed by atoms with Gasteiger partial charge in [0.15, 0.2) is 0 Å². The number of hydrogen-bond donors (Lipinski definition) is 2. The van der Waals surface area contributed by atoms with Gasteiger partial charge in [-0.25, -0.2) is 9.18 Å². The number of aryl methyl sites for hydroxylation is 1. The van der Waals surface area contributed by atoms with E-state index in [0.717, 1.165) is 35.8 Å². The second kappa shape index (κ2) is 8.30. The van der Waals surface area contributed by atoms with Crippen molar-refractivity contribution in [2.75, 3.05) is 11.9 Å². The highest BCUT2D eigenvalue weighted by Crippen LogP contribution is 2.38. The minimum absolute atomic E-state index is 0.143. The Balaban J connectivity index is 1.90. The first kappa shape index (κ1) is 19.0. The number of benzene rings is 1. The van der Waals surface area contributed by atoms with E-state index in [1.807, 2.05) is 0 Å². The monoisotopic (exact) mass is 390 g/mol. The van der Waals surface area contributed by atoms with Crippen molar-refractivity contribution in [1.29, 1.82) is 0 Å². The number of fused-ring (bicyclic) bond motifs is 1. The molecule has 0 radical (unpaired) electrons. The summed E-state index contributed by atoms with van der Waals surface area (Å²) in [6.45, 7) is 1.78. The van der Waals surface area contributed by atoms with Crippen LogP contribution in [0, 0.1) is 5.82 Å². The third-order valence-electron chi connectivity index (χ3n) is 4.20. The Bertz CT molecular complexity index is 894. The Morgan fingerprint density at radius 2 is 1.96 bits per heavy atom. The summed E-state index contributed by atoms with van der Waals surface area (Å²) >= 11 is 1.32. The minimum Gasteiger partial charge on any atom is -0.450 e. The van der Waals surface area contributed by atoms with Crippen LogP contribution in [0.1, 0.15) is 50.9 Å². The Hall–Kier alpha value is -2.74. The SMILES string of the molecule is CCOC(=O)NC(=O)c1c(NC(=O)c2cccc(F)c2)sc2c1CCCC2. The molecule has 0 saturated carbocycles. The van der Waals surface area contributed by atoms with E-state index in [4.69, 9.17) is 4.74 Å². The first-order chi connectivity index (χ1) is 13.0. The first-order valence-electron chi connectivity index (χ1n) is 8.69. The molecular formula is C19H19FN2O4S. The molecule has 6 nitrogen and oxygen atoms in total. The van der Waals surface area contributed by atoms with Crippen molar-refractivity contribution in [2.24, 2.45) is 0 Å². The molecule has 3 amide bonds. The molecule has 0 unspecified atom stereocenters. The zero-order valence-electron chi connectivity index (χ0n) is 14.8. The van der Waals surface area contributed by atoms with E-state index in [2.05, 4.69) is 10.6 Å². The number of ether oxygens (including phenoxy) is 1. The summed E-state index contributed by atoms with van der Waals surface area (Å²) in [7, 11) is 0. The second-order valence-electron chi connectivity index (χ2n) is 6.05. The van der Waals surface area contributed by atoms with Crippen molar-refractivity contribution in [2.45, 2.75) is 32.6 Å². The molecule has 142 valence electrons. The molecule has 27 heavy (non-hydrogen) atoms. The average Bonchev–Trinajstić information content (AvgIpc) is 2.99. The van der Waals surface area contributed by atoms with E-state index >= 15 is 0 Å². The number of carbonyl (C=O) groups excluding carboxylic acids is 3. The van der Waals surface area contributed by atoms with Gasteiger partial charge in [0.25, 0.3) is 11.8 Å². The zero-order valence-corrected chi connectivity index (χ0v) is 15.6. The zero-order chi connectivity index (χ0) is 19.4. The minimum atomic E-state index is -0.833. The number of alkyl carbamates (subject to hydrolysis) is 1. The summed E-state index contributed by atoms with van der Waals surface area (Å²) in [6, 6.07) is 5.31. The first-order valence-corrected chi connectivity index (χ1v) is 9.50. The van der Waals surface area contributed by atoms with Gasteiger partial charge in [-0.2, -0.15) is 0 Å². The van der Waals surface area contributed by atoms with Gasteiger partial charge in [0.05, 0.1) is 12.2 Å². The van der Waals surface area contributed by atoms with Crippen molar-refractivity contribution >= 4 is 34.2 Å². The van der Waals surface area contributed by atoms with E-state index in [1.165, 1.54) is 29.5 Å². The molecule has 2 aromatic rings. The van der Waals surface area contributed by atoms with Crippen LogP contribution in [-0.4, -0.2) is 24.5 Å². The quantitative estimate of drug-likeness (QED) is 0.829. The molecule has 1 aliphatic carbocycles. The third kappa shape index (κ3) is 4.33. The van der Waals surface area contributed by atoms with Crippen molar-refractivity contribution in [3.8, 4) is 0 Å². The largest absolute Gasteiger partial charge is 0.450 e. The fourth-order valence-corrected chi connectivity index (χ4v) is 4.30. The van der Waals surface area contributed by atoms with Gasteiger partial charge < -0.3 is 10.1 Å². The lowest BCUT2D eigenvalue weighted by Gasteiger charge is -2.13. The topological polar surface area (TPSA) is 84.5 Å². The molecule has 1 heterocycles. The number of thiophene rings is 1. The third-order valence-corrected chi connectivity index (χ3v) is 5.41. The maximum absolute atomic E-state index is 13.4. The molecule has 1 aromatic heterocycles. The molecule has 2 N–H and O–H groups in total. The van der Waals surface area contributed by atoms with Crippen LogP contribution in [0.2, 0.25) is 0 Å². The second-order valence-corrected chi connectivity index (χ2v) is 7.16. The fourth-order valence-electron chi connectivity index (χ4n) is 3.02. The Morgan fingerprint density at radius 1 is 1.19 bits per heavy atom. The smallest absolute Gasteiger partial charge is 0.414 e. The lowest BCUT2D eigenvalue weighted by atomic mass is 9.95. The fraction of sp³-hybridized carbons (Fsp3) is 0.316. The normalized spacial score (nSPS) is 12.8. The lowest BCUT2D eigenvalue weighted by Crippen LogP contribution is -2.32. The average molecular weight is 390 g/mol. The predicted octanol–water partition coefficient (Wildman–Crippen LogP) is 3.90. The van der Waals surface area contributed by atoms with Crippen molar-refractivity contribution < 1.29 is 23.5 Å². The number of nitrogens with one attached hydrogen (secondary N) is 2. The molecule has 0 aliphatic heterocycles. The number of anilines is 1. The van der Waals surface area contributed by atoms with Gasteiger partial charge in [-0.05, 0) is 56.4 Å². The molecular weight excluding hydrogens is 371 g/mol. The maximum Gasteiger partial charge on any atom is 0.414 e. The molecule has 1 aromatic carbocycles. The highest BCUT2D eigenvalue weighted by molar-refractivity contribution is 7.17. The number of rotatable bonds is 4. The Morgan fingerprint density at radius 3 is 2.70 bits per heavy atom. The molecule has 0 bridgehead atoms. The van der Waals surface area contributed by atoms with Crippen LogP contribution in [-0.2, 0) is 17.6 Å². The van der Waals surface area contributed by atoms with Crippen LogP contribution >= 0.6 is 11.3 Å². The van der Waals surface area contributed by atoms with E-state index in [0.29, 0.717) is 11.4 Å². The van der Waals surface area contributed by atoms with Crippen molar-refractivity contribution in [1.82, 2.24) is 5.32 Å². The number of carbonyl (C=O) groups is 3. The van der Waals surface area contributed by atoms with Crippen LogP contribution in [0.15, 0.2) is 24.3 Å². The van der Waals surface area contributed by atoms with Gasteiger partial charge >= 0.3 is 6.09 Å². The van der Waals surface area contributed by atoms with Gasteiger partial charge in [0.1, 0.15) is 10.8 Å². The van der Waals surface area contributed by atoms with E-state index in [9.17, 15) is 18.8 Å². The predicted molar refractivity (Wildman–Crippen MR) is 99.8 cm³/mol. The molecule has 8 heteroatoms. The molecule has 0 saturated heterocycles. The highest BCUT2D eigenvalue weighted by Gasteiger charge is 2.27. The van der Waals surface area contributed by atoms with Gasteiger partial charge in [-0.1, -0.05) is 6.07 Å². The van der Waals surface area contributed by atoms with Crippen molar-refractivity contribution in [3.63, 3.8) is 0 Å². The van der Waals surface area contributed by atoms with Crippen LogP contribution in [0.4, 0.5) is 14.2 Å². The molecule has 0 spiro atoms. The van der Waals surface area contributed by atoms with Gasteiger partial charge in [0.2, 0.25) is 0 Å².